The highest BCUT2D eigenvalue weighted by Crippen LogP contribution is 2.40. The molecular weight excluding hydrogens is 671 g/mol. The second kappa shape index (κ2) is 12.6. The van der Waals surface area contributed by atoms with Crippen LogP contribution in [0.2, 0.25) is 0 Å². The summed E-state index contributed by atoms with van der Waals surface area (Å²) in [6.07, 6.45) is 0. The molecule has 55 heavy (non-hydrogen) atoms. The molecule has 4 nitrogen and oxygen atoms in total. The first kappa shape index (κ1) is 31.1. The second-order valence-corrected chi connectivity index (χ2v) is 14.0. The molecule has 0 spiro atoms. The summed E-state index contributed by atoms with van der Waals surface area (Å²) in [4.78, 5) is 15.0. The molecule has 0 saturated heterocycles. The van der Waals surface area contributed by atoms with Crippen molar-refractivity contribution in [2.24, 2.45) is 0 Å². The van der Waals surface area contributed by atoms with E-state index in [1.165, 1.54) is 43.4 Å². The van der Waals surface area contributed by atoms with E-state index in [0.29, 0.717) is 17.5 Å². The number of furan rings is 1. The number of benzene rings is 9. The smallest absolute Gasteiger partial charge is 0.164 e. The average Bonchev–Trinajstić information content (AvgIpc) is 3.65. The maximum atomic E-state index is 6.57. The second-order valence-electron chi connectivity index (χ2n) is 14.0. The largest absolute Gasteiger partial charge is 0.456 e. The molecule has 0 aliphatic heterocycles. The van der Waals surface area contributed by atoms with Crippen molar-refractivity contribution in [2.45, 2.75) is 0 Å². The molecule has 0 radical (unpaired) electrons. The van der Waals surface area contributed by atoms with Crippen LogP contribution in [0.3, 0.4) is 0 Å². The van der Waals surface area contributed by atoms with Gasteiger partial charge in [-0.15, -0.1) is 0 Å². The molecule has 0 unspecified atom stereocenters. The van der Waals surface area contributed by atoms with Crippen LogP contribution in [0.25, 0.3) is 111 Å². The van der Waals surface area contributed by atoms with Crippen molar-refractivity contribution in [1.82, 2.24) is 15.0 Å². The zero-order valence-corrected chi connectivity index (χ0v) is 29.6. The summed E-state index contributed by atoms with van der Waals surface area (Å²) in [7, 11) is 0. The maximum Gasteiger partial charge on any atom is 0.164 e. The maximum absolute atomic E-state index is 6.57. The Kier molecular flexibility index (Phi) is 7.14. The fourth-order valence-corrected chi connectivity index (χ4v) is 8.09. The minimum Gasteiger partial charge on any atom is -0.456 e. The fourth-order valence-electron chi connectivity index (χ4n) is 8.09. The lowest BCUT2D eigenvalue weighted by molar-refractivity contribution is 0.669. The molecule has 11 aromatic rings. The molecule has 0 saturated carbocycles. The summed E-state index contributed by atoms with van der Waals surface area (Å²) < 4.78 is 6.57. The van der Waals surface area contributed by atoms with Gasteiger partial charge < -0.3 is 4.42 Å². The van der Waals surface area contributed by atoms with Crippen molar-refractivity contribution in [2.75, 3.05) is 0 Å². The van der Waals surface area contributed by atoms with Crippen LogP contribution in [0, 0.1) is 0 Å². The molecule has 0 atom stereocenters. The monoisotopic (exact) mass is 701 g/mol. The number of aromatic nitrogens is 3. The Bertz CT molecular complexity index is 3170. The highest BCUT2D eigenvalue weighted by Gasteiger charge is 2.18. The number of hydrogen-bond donors (Lipinski definition) is 0. The van der Waals surface area contributed by atoms with E-state index in [2.05, 4.69) is 115 Å². The van der Waals surface area contributed by atoms with Crippen LogP contribution in [0.1, 0.15) is 0 Å². The Morgan fingerprint density at radius 3 is 1.35 bits per heavy atom. The van der Waals surface area contributed by atoms with Crippen molar-refractivity contribution >= 4 is 54.3 Å². The van der Waals surface area contributed by atoms with Crippen molar-refractivity contribution in [1.29, 1.82) is 0 Å². The predicted octanol–water partition coefficient (Wildman–Crippen LogP) is 13.6. The normalized spacial score (nSPS) is 11.6. The van der Waals surface area contributed by atoms with Crippen LogP contribution >= 0.6 is 0 Å². The zero-order valence-electron chi connectivity index (χ0n) is 29.6. The molecule has 2 heterocycles. The van der Waals surface area contributed by atoms with Gasteiger partial charge in [-0.2, -0.15) is 0 Å². The van der Waals surface area contributed by atoms with Crippen LogP contribution < -0.4 is 0 Å². The lowest BCUT2D eigenvalue weighted by Gasteiger charge is -2.12. The third kappa shape index (κ3) is 5.26. The van der Waals surface area contributed by atoms with Gasteiger partial charge in [0.05, 0.1) is 0 Å². The quantitative estimate of drug-likeness (QED) is 0.168. The van der Waals surface area contributed by atoms with Crippen molar-refractivity contribution in [3.05, 3.63) is 188 Å². The number of fused-ring (bicyclic) bond motifs is 9. The van der Waals surface area contributed by atoms with E-state index < -0.39 is 0 Å². The van der Waals surface area contributed by atoms with E-state index in [1.54, 1.807) is 0 Å². The van der Waals surface area contributed by atoms with E-state index in [4.69, 9.17) is 19.4 Å². The number of rotatable bonds is 5. The SMILES string of the molecule is c1ccc(-c2nc(-c3ccccc3)nc(-c3cccc4oc5cc(-c6cccc(-c7ccc8c9ccccc9c9ccccc9c8c7)c6)ccc5c34)n2)cc1. The number of nitrogens with zero attached hydrogens (tertiary/aromatic N) is 3. The van der Waals surface area contributed by atoms with Gasteiger partial charge in [0.25, 0.3) is 0 Å². The Morgan fingerprint density at radius 1 is 0.273 bits per heavy atom. The lowest BCUT2D eigenvalue weighted by atomic mass is 9.91. The van der Waals surface area contributed by atoms with Gasteiger partial charge in [0.1, 0.15) is 11.2 Å². The summed E-state index contributed by atoms with van der Waals surface area (Å²) in [6, 6.07) is 65.8. The van der Waals surface area contributed by atoms with Gasteiger partial charge in [0.15, 0.2) is 17.5 Å². The molecule has 0 aliphatic carbocycles. The molecule has 4 heteroatoms. The summed E-state index contributed by atoms with van der Waals surface area (Å²) >= 11 is 0. The molecule has 0 N–H and O–H groups in total. The Labute approximate surface area is 317 Å². The highest BCUT2D eigenvalue weighted by molar-refractivity contribution is 6.25. The summed E-state index contributed by atoms with van der Waals surface area (Å²) in [6.45, 7) is 0. The molecular formula is C51H31N3O. The average molecular weight is 702 g/mol. The molecule has 9 aromatic carbocycles. The minimum absolute atomic E-state index is 0.606. The Hall–Kier alpha value is -7.43. The molecule has 256 valence electrons. The van der Waals surface area contributed by atoms with E-state index in [9.17, 15) is 0 Å². The van der Waals surface area contributed by atoms with Crippen molar-refractivity contribution < 1.29 is 4.42 Å². The van der Waals surface area contributed by atoms with Gasteiger partial charge in [-0.05, 0) is 84.9 Å². The van der Waals surface area contributed by atoms with Gasteiger partial charge in [0, 0.05) is 27.5 Å². The van der Waals surface area contributed by atoms with Crippen molar-refractivity contribution in [3.8, 4) is 56.4 Å². The van der Waals surface area contributed by atoms with E-state index in [0.717, 1.165) is 49.8 Å². The van der Waals surface area contributed by atoms with Crippen LogP contribution in [-0.4, -0.2) is 15.0 Å². The Balaban J connectivity index is 1.02. The zero-order chi connectivity index (χ0) is 36.3. The first-order valence-electron chi connectivity index (χ1n) is 18.5. The van der Waals surface area contributed by atoms with Crippen LogP contribution in [0.5, 0.6) is 0 Å². The van der Waals surface area contributed by atoms with E-state index in [1.807, 2.05) is 72.8 Å². The van der Waals surface area contributed by atoms with E-state index in [-0.39, 0.29) is 0 Å². The molecule has 11 rings (SSSR count). The number of hydrogen-bond acceptors (Lipinski definition) is 4. The predicted molar refractivity (Wildman–Crippen MR) is 227 cm³/mol. The minimum atomic E-state index is 0.606. The summed E-state index contributed by atoms with van der Waals surface area (Å²) in [5.41, 5.74) is 8.95. The van der Waals surface area contributed by atoms with Crippen LogP contribution in [0.15, 0.2) is 192 Å². The summed E-state index contributed by atoms with van der Waals surface area (Å²) in [5.74, 6) is 1.86. The van der Waals surface area contributed by atoms with E-state index >= 15 is 0 Å². The molecule has 0 fully saturated rings. The molecule has 0 bridgehead atoms. The summed E-state index contributed by atoms with van der Waals surface area (Å²) in [5, 5.41) is 9.66. The first-order valence-corrected chi connectivity index (χ1v) is 18.5. The fraction of sp³-hybridized carbons (Fsp3) is 0. The standard InChI is InChI=1S/C51H31N3O/c1-3-13-32(14-4-1)49-52-50(33-15-5-2-6-16-33)54-51(53-49)44-23-12-24-46-48(44)43-28-26-37(31-47(43)55-46)35-18-11-17-34(29-35)36-25-27-42-40-21-8-7-19-38(40)39-20-9-10-22-41(39)45(42)30-36/h1-31H. The van der Waals surface area contributed by atoms with Gasteiger partial charge in [0.2, 0.25) is 0 Å². The first-order chi connectivity index (χ1) is 27.2. The van der Waals surface area contributed by atoms with Crippen molar-refractivity contribution in [3.63, 3.8) is 0 Å². The third-order valence-corrected chi connectivity index (χ3v) is 10.7. The van der Waals surface area contributed by atoms with Crippen LogP contribution in [0.4, 0.5) is 0 Å². The highest BCUT2D eigenvalue weighted by atomic mass is 16.3. The van der Waals surface area contributed by atoms with Gasteiger partial charge in [-0.1, -0.05) is 158 Å². The van der Waals surface area contributed by atoms with Gasteiger partial charge in [-0.25, -0.2) is 15.0 Å². The Morgan fingerprint density at radius 2 is 0.727 bits per heavy atom. The van der Waals surface area contributed by atoms with Crippen LogP contribution in [-0.2, 0) is 0 Å². The molecule has 2 aromatic heterocycles. The topological polar surface area (TPSA) is 51.8 Å². The molecule has 0 amide bonds. The lowest BCUT2D eigenvalue weighted by Crippen LogP contribution is -2.00. The molecule has 0 aliphatic rings. The van der Waals surface area contributed by atoms with Gasteiger partial charge in [-0.3, -0.25) is 0 Å². The third-order valence-electron chi connectivity index (χ3n) is 10.7. The van der Waals surface area contributed by atoms with Gasteiger partial charge >= 0.3 is 0 Å².